The first kappa shape index (κ1) is 21.1. The van der Waals surface area contributed by atoms with Crippen LogP contribution in [0.3, 0.4) is 0 Å². The van der Waals surface area contributed by atoms with E-state index in [1.807, 2.05) is 23.1 Å². The summed E-state index contributed by atoms with van der Waals surface area (Å²) in [5.74, 6) is 1.69. The van der Waals surface area contributed by atoms with Crippen LogP contribution >= 0.6 is 0 Å². The number of β-amino-alcohol motifs (C(OH)–C–C–N with tert-alkyl or cyclic N) is 1. The first-order valence-corrected chi connectivity index (χ1v) is 11.8. The average Bonchev–Trinajstić information content (AvgIpc) is 3.46. The van der Waals surface area contributed by atoms with E-state index in [1.165, 1.54) is 6.42 Å². The van der Waals surface area contributed by atoms with Gasteiger partial charge in [-0.25, -0.2) is 0 Å². The highest BCUT2D eigenvalue weighted by atomic mass is 16.5. The molecule has 2 aromatic heterocycles. The lowest BCUT2D eigenvalue weighted by molar-refractivity contribution is 0.198. The van der Waals surface area contributed by atoms with E-state index in [2.05, 4.69) is 36.4 Å². The summed E-state index contributed by atoms with van der Waals surface area (Å²) in [7, 11) is 1.61. The van der Waals surface area contributed by atoms with E-state index < -0.39 is 0 Å². The maximum absolute atomic E-state index is 9.99. The van der Waals surface area contributed by atoms with Gasteiger partial charge in [-0.1, -0.05) is 54.6 Å². The molecule has 1 aliphatic carbocycles. The molecule has 0 bridgehead atoms. The second-order valence-electron chi connectivity index (χ2n) is 9.36. The number of aromatic nitrogens is 2. The SMILES string of the molecule is COc1nc(N2CC[C@H](O)C2)nc2oc(-c3ccc(C4(N)CCC4)cc3)c(-c3ccccc3)c12. The first-order chi connectivity index (χ1) is 16.6. The molecule has 1 aliphatic heterocycles. The van der Waals surface area contributed by atoms with Gasteiger partial charge in [-0.05, 0) is 36.8 Å². The Labute approximate surface area is 198 Å². The predicted octanol–water partition coefficient (Wildman–Crippen LogP) is 4.47. The summed E-state index contributed by atoms with van der Waals surface area (Å²) >= 11 is 0. The van der Waals surface area contributed by atoms with E-state index in [0.717, 1.165) is 46.2 Å². The smallest absolute Gasteiger partial charge is 0.236 e. The molecule has 7 nitrogen and oxygen atoms in total. The first-order valence-electron chi connectivity index (χ1n) is 11.8. The third kappa shape index (κ3) is 3.43. The molecule has 0 spiro atoms. The van der Waals surface area contributed by atoms with Gasteiger partial charge >= 0.3 is 0 Å². The molecule has 0 unspecified atom stereocenters. The van der Waals surface area contributed by atoms with Crippen LogP contribution in [0.2, 0.25) is 0 Å². The maximum atomic E-state index is 9.99. The Bertz CT molecular complexity index is 1330. The highest BCUT2D eigenvalue weighted by molar-refractivity contribution is 6.03. The van der Waals surface area contributed by atoms with Crippen LogP contribution in [0, 0.1) is 0 Å². The van der Waals surface area contributed by atoms with Crippen LogP contribution in [0.5, 0.6) is 5.88 Å². The fraction of sp³-hybridized carbons (Fsp3) is 0.333. The number of hydrogen-bond acceptors (Lipinski definition) is 7. The molecule has 1 saturated carbocycles. The summed E-state index contributed by atoms with van der Waals surface area (Å²) < 4.78 is 12.2. The van der Waals surface area contributed by atoms with Crippen molar-refractivity contribution in [2.24, 2.45) is 5.73 Å². The minimum atomic E-state index is -0.377. The molecule has 2 fully saturated rings. The van der Waals surface area contributed by atoms with Crippen LogP contribution < -0.4 is 15.4 Å². The van der Waals surface area contributed by atoms with Crippen molar-refractivity contribution in [2.45, 2.75) is 37.3 Å². The van der Waals surface area contributed by atoms with Gasteiger partial charge in [-0.3, -0.25) is 0 Å². The van der Waals surface area contributed by atoms with Gasteiger partial charge in [-0.2, -0.15) is 9.97 Å². The Balaban J connectivity index is 1.53. The standard InChI is InChI=1S/C27H28N4O3/c1-33-24-22-21(17-6-3-2-4-7-17)23(18-8-10-19(11-9-18)27(28)13-5-14-27)34-25(22)30-26(29-24)31-15-12-20(32)16-31/h2-4,6-11,20,32H,5,12-16,28H2,1H3/t20-/m0/s1. The Morgan fingerprint density at radius 1 is 1.06 bits per heavy atom. The zero-order valence-electron chi connectivity index (χ0n) is 19.2. The average molecular weight is 457 g/mol. The third-order valence-electron chi connectivity index (χ3n) is 7.18. The molecule has 2 aromatic carbocycles. The summed E-state index contributed by atoms with van der Waals surface area (Å²) in [6.45, 7) is 1.19. The Morgan fingerprint density at radius 3 is 2.44 bits per heavy atom. The van der Waals surface area contributed by atoms with Gasteiger partial charge in [0.1, 0.15) is 11.1 Å². The highest BCUT2D eigenvalue weighted by Crippen LogP contribution is 2.45. The van der Waals surface area contributed by atoms with E-state index in [4.69, 9.17) is 24.9 Å². The molecule has 0 radical (unpaired) electrons. The van der Waals surface area contributed by atoms with Gasteiger partial charge < -0.3 is 24.9 Å². The maximum Gasteiger partial charge on any atom is 0.236 e. The molecular formula is C27H28N4O3. The Kier molecular flexibility index (Phi) is 5.04. The lowest BCUT2D eigenvalue weighted by Gasteiger charge is -2.38. The molecule has 3 heterocycles. The molecule has 7 heteroatoms. The number of nitrogens with two attached hydrogens (primary N) is 1. The number of aliphatic hydroxyl groups excluding tert-OH is 1. The molecular weight excluding hydrogens is 428 g/mol. The van der Waals surface area contributed by atoms with Gasteiger partial charge in [0.25, 0.3) is 0 Å². The second-order valence-corrected chi connectivity index (χ2v) is 9.36. The van der Waals surface area contributed by atoms with Gasteiger partial charge in [0, 0.05) is 29.8 Å². The fourth-order valence-electron chi connectivity index (χ4n) is 5.05. The molecule has 3 N–H and O–H groups in total. The van der Waals surface area contributed by atoms with Crippen LogP contribution in [-0.2, 0) is 5.54 Å². The lowest BCUT2D eigenvalue weighted by atomic mass is 9.72. The number of methoxy groups -OCH3 is 1. The van der Waals surface area contributed by atoms with Crippen molar-refractivity contribution < 1.29 is 14.3 Å². The molecule has 1 saturated heterocycles. The van der Waals surface area contributed by atoms with E-state index in [9.17, 15) is 5.11 Å². The number of hydrogen-bond donors (Lipinski definition) is 2. The summed E-state index contributed by atoms with van der Waals surface area (Å²) in [5.41, 5.74) is 10.8. The number of aliphatic hydroxyl groups is 1. The van der Waals surface area contributed by atoms with Crippen LogP contribution in [0.4, 0.5) is 5.95 Å². The number of anilines is 1. The quantitative estimate of drug-likeness (QED) is 0.457. The minimum absolute atomic E-state index is 0.210. The third-order valence-corrected chi connectivity index (χ3v) is 7.18. The second kappa shape index (κ2) is 8.11. The minimum Gasteiger partial charge on any atom is -0.480 e. The van der Waals surface area contributed by atoms with Crippen molar-refractivity contribution in [2.75, 3.05) is 25.1 Å². The van der Waals surface area contributed by atoms with Crippen LogP contribution in [-0.4, -0.2) is 41.4 Å². The summed E-state index contributed by atoms with van der Waals surface area (Å²) in [6.07, 6.45) is 3.53. The van der Waals surface area contributed by atoms with E-state index >= 15 is 0 Å². The lowest BCUT2D eigenvalue weighted by Crippen LogP contribution is -2.43. The summed E-state index contributed by atoms with van der Waals surface area (Å²) in [6, 6.07) is 18.5. The fourth-order valence-corrected chi connectivity index (χ4v) is 5.05. The molecule has 0 amide bonds. The molecule has 34 heavy (non-hydrogen) atoms. The van der Waals surface area contributed by atoms with Crippen molar-refractivity contribution in [3.8, 4) is 28.3 Å². The number of fused-ring (bicyclic) bond motifs is 1. The number of nitrogens with zero attached hydrogens (tertiary/aromatic N) is 3. The van der Waals surface area contributed by atoms with Gasteiger partial charge in [0.05, 0.1) is 13.2 Å². The van der Waals surface area contributed by atoms with E-state index in [0.29, 0.717) is 37.1 Å². The van der Waals surface area contributed by atoms with Gasteiger partial charge in [0.2, 0.25) is 17.5 Å². The van der Waals surface area contributed by atoms with E-state index in [1.54, 1.807) is 7.11 Å². The van der Waals surface area contributed by atoms with Crippen molar-refractivity contribution in [3.63, 3.8) is 0 Å². The summed E-state index contributed by atoms with van der Waals surface area (Å²) in [4.78, 5) is 11.4. The van der Waals surface area contributed by atoms with Crippen LogP contribution in [0.25, 0.3) is 33.6 Å². The topological polar surface area (TPSA) is 97.6 Å². The highest BCUT2D eigenvalue weighted by Gasteiger charge is 2.34. The van der Waals surface area contributed by atoms with Crippen LogP contribution in [0.1, 0.15) is 31.2 Å². The number of ether oxygens (including phenoxy) is 1. The zero-order valence-corrected chi connectivity index (χ0v) is 19.2. The van der Waals surface area contributed by atoms with Crippen molar-refractivity contribution in [3.05, 3.63) is 60.2 Å². The monoisotopic (exact) mass is 456 g/mol. The van der Waals surface area contributed by atoms with Crippen molar-refractivity contribution in [1.29, 1.82) is 0 Å². The Hall–Kier alpha value is -3.42. The Morgan fingerprint density at radius 2 is 1.82 bits per heavy atom. The number of rotatable bonds is 5. The largest absolute Gasteiger partial charge is 0.480 e. The normalized spacial score (nSPS) is 19.4. The van der Waals surface area contributed by atoms with E-state index in [-0.39, 0.29) is 11.6 Å². The number of furan rings is 1. The van der Waals surface area contributed by atoms with Crippen molar-refractivity contribution in [1.82, 2.24) is 9.97 Å². The van der Waals surface area contributed by atoms with Crippen molar-refractivity contribution >= 4 is 17.0 Å². The molecule has 2 aliphatic rings. The molecule has 4 aromatic rings. The predicted molar refractivity (Wildman–Crippen MR) is 132 cm³/mol. The van der Waals surface area contributed by atoms with Gasteiger partial charge in [-0.15, -0.1) is 0 Å². The molecule has 1 atom stereocenters. The van der Waals surface area contributed by atoms with Crippen LogP contribution in [0.15, 0.2) is 59.0 Å². The zero-order chi connectivity index (χ0) is 23.3. The number of benzene rings is 2. The molecule has 174 valence electrons. The molecule has 6 rings (SSSR count). The summed E-state index contributed by atoms with van der Waals surface area (Å²) in [5, 5.41) is 10.7. The van der Waals surface area contributed by atoms with Gasteiger partial charge in [0.15, 0.2) is 0 Å².